The molecule has 0 unspecified atom stereocenters. The van der Waals surface area contributed by atoms with E-state index in [1.807, 2.05) is 23.1 Å². The molecule has 1 amide bonds. The summed E-state index contributed by atoms with van der Waals surface area (Å²) in [6.45, 7) is 7.59. The Hall–Kier alpha value is -2.83. The highest BCUT2D eigenvalue weighted by molar-refractivity contribution is 5.93. The lowest BCUT2D eigenvalue weighted by atomic mass is 10.2. The molecule has 138 valence electrons. The van der Waals surface area contributed by atoms with Crippen molar-refractivity contribution >= 4 is 17.4 Å². The molecule has 0 spiro atoms. The zero-order valence-corrected chi connectivity index (χ0v) is 15.4. The van der Waals surface area contributed by atoms with Gasteiger partial charge in [0.15, 0.2) is 11.5 Å². The second kappa shape index (κ2) is 8.03. The van der Waals surface area contributed by atoms with Gasteiger partial charge in [0.05, 0.1) is 0 Å². The fraction of sp³-hybridized carbons (Fsp3) is 0.421. The average molecular weight is 356 g/mol. The van der Waals surface area contributed by atoms with E-state index in [-0.39, 0.29) is 12.7 Å². The highest BCUT2D eigenvalue weighted by Crippen LogP contribution is 2.34. The summed E-state index contributed by atoms with van der Waals surface area (Å²) in [6, 6.07) is 7.27. The number of ether oxygens (including phenoxy) is 2. The van der Waals surface area contributed by atoms with E-state index >= 15 is 0 Å². The molecule has 7 nitrogen and oxygen atoms in total. The Labute approximate surface area is 153 Å². The third kappa shape index (κ3) is 4.04. The van der Waals surface area contributed by atoms with Gasteiger partial charge in [-0.2, -0.15) is 0 Å². The van der Waals surface area contributed by atoms with E-state index in [1.165, 1.54) is 0 Å². The van der Waals surface area contributed by atoms with Gasteiger partial charge in [0.25, 0.3) is 5.91 Å². The molecule has 1 N–H and O–H groups in total. The fourth-order valence-electron chi connectivity index (χ4n) is 2.88. The predicted octanol–water partition coefficient (Wildman–Crippen LogP) is 3.52. The molecule has 1 aromatic heterocycles. The first kappa shape index (κ1) is 18.0. The molecule has 7 heteroatoms. The molecule has 0 atom stereocenters. The van der Waals surface area contributed by atoms with E-state index in [0.29, 0.717) is 23.1 Å². The number of aryl methyl sites for hydroxylation is 1. The van der Waals surface area contributed by atoms with Crippen molar-refractivity contribution in [3.63, 3.8) is 0 Å². The normalized spacial score (nSPS) is 12.1. The SMILES string of the molecule is CCCN(CCC)C(=O)c1cc(Nc2ccc3c(c2)OCO3)nc(C)n1. The molecule has 1 aromatic carbocycles. The Morgan fingerprint density at radius 1 is 1.12 bits per heavy atom. The van der Waals surface area contributed by atoms with Crippen LogP contribution < -0.4 is 14.8 Å². The van der Waals surface area contributed by atoms with Crippen LogP contribution in [0.15, 0.2) is 24.3 Å². The summed E-state index contributed by atoms with van der Waals surface area (Å²) < 4.78 is 10.7. The lowest BCUT2D eigenvalue weighted by Crippen LogP contribution is -2.33. The average Bonchev–Trinajstić information content (AvgIpc) is 3.08. The van der Waals surface area contributed by atoms with Crippen molar-refractivity contribution in [2.24, 2.45) is 0 Å². The number of nitrogens with one attached hydrogen (secondary N) is 1. The van der Waals surface area contributed by atoms with Crippen molar-refractivity contribution in [3.05, 3.63) is 35.8 Å². The minimum Gasteiger partial charge on any atom is -0.454 e. The van der Waals surface area contributed by atoms with Gasteiger partial charge >= 0.3 is 0 Å². The molecule has 3 rings (SSSR count). The molecular weight excluding hydrogens is 332 g/mol. The van der Waals surface area contributed by atoms with Crippen molar-refractivity contribution in [1.82, 2.24) is 14.9 Å². The smallest absolute Gasteiger partial charge is 0.272 e. The molecule has 26 heavy (non-hydrogen) atoms. The molecule has 0 aliphatic carbocycles. The maximum atomic E-state index is 12.8. The van der Waals surface area contributed by atoms with Crippen LogP contribution in [0.4, 0.5) is 11.5 Å². The molecule has 1 aliphatic rings. The minimum atomic E-state index is -0.0621. The van der Waals surface area contributed by atoms with Gasteiger partial charge in [-0.25, -0.2) is 9.97 Å². The van der Waals surface area contributed by atoms with Gasteiger partial charge in [-0.3, -0.25) is 4.79 Å². The van der Waals surface area contributed by atoms with Crippen LogP contribution in [-0.2, 0) is 0 Å². The number of anilines is 2. The summed E-state index contributed by atoms with van der Waals surface area (Å²) in [4.78, 5) is 23.4. The van der Waals surface area contributed by atoms with Crippen molar-refractivity contribution in [3.8, 4) is 11.5 Å². The molecule has 0 saturated heterocycles. The van der Waals surface area contributed by atoms with Gasteiger partial charge in [-0.1, -0.05) is 13.8 Å². The summed E-state index contributed by atoms with van der Waals surface area (Å²) in [6.07, 6.45) is 1.83. The van der Waals surface area contributed by atoms with E-state index in [1.54, 1.807) is 13.0 Å². The van der Waals surface area contributed by atoms with E-state index in [2.05, 4.69) is 29.1 Å². The largest absolute Gasteiger partial charge is 0.454 e. The Kier molecular flexibility index (Phi) is 5.55. The number of fused-ring (bicyclic) bond motifs is 1. The Bertz CT molecular complexity index is 788. The van der Waals surface area contributed by atoms with Crippen LogP contribution in [0.2, 0.25) is 0 Å². The summed E-state index contributed by atoms with van der Waals surface area (Å²) in [5.41, 5.74) is 1.22. The number of rotatable bonds is 7. The maximum absolute atomic E-state index is 12.8. The molecular formula is C19H24N4O3. The quantitative estimate of drug-likeness (QED) is 0.818. The van der Waals surface area contributed by atoms with Gasteiger partial charge in [0.1, 0.15) is 17.3 Å². The van der Waals surface area contributed by atoms with Gasteiger partial charge < -0.3 is 19.7 Å². The van der Waals surface area contributed by atoms with E-state index < -0.39 is 0 Å². The van der Waals surface area contributed by atoms with Crippen LogP contribution in [-0.4, -0.2) is 40.7 Å². The molecule has 0 radical (unpaired) electrons. The van der Waals surface area contributed by atoms with E-state index in [9.17, 15) is 4.79 Å². The van der Waals surface area contributed by atoms with Gasteiger partial charge in [0, 0.05) is 30.9 Å². The van der Waals surface area contributed by atoms with Gasteiger partial charge in [0.2, 0.25) is 6.79 Å². The molecule has 2 aromatic rings. The predicted molar refractivity (Wildman–Crippen MR) is 99.1 cm³/mol. The highest BCUT2D eigenvalue weighted by atomic mass is 16.7. The van der Waals surface area contributed by atoms with Gasteiger partial charge in [-0.05, 0) is 31.9 Å². The number of nitrogens with zero attached hydrogens (tertiary/aromatic N) is 3. The first-order valence-corrected chi connectivity index (χ1v) is 8.92. The zero-order chi connectivity index (χ0) is 18.5. The van der Waals surface area contributed by atoms with Gasteiger partial charge in [-0.15, -0.1) is 0 Å². The Balaban J connectivity index is 1.82. The van der Waals surface area contributed by atoms with Crippen LogP contribution >= 0.6 is 0 Å². The van der Waals surface area contributed by atoms with E-state index in [4.69, 9.17) is 9.47 Å². The summed E-state index contributed by atoms with van der Waals surface area (Å²) in [7, 11) is 0. The Morgan fingerprint density at radius 2 is 1.85 bits per heavy atom. The third-order valence-electron chi connectivity index (χ3n) is 3.98. The molecule has 0 bridgehead atoms. The first-order valence-electron chi connectivity index (χ1n) is 8.92. The van der Waals surface area contributed by atoms with Crippen molar-refractivity contribution < 1.29 is 14.3 Å². The Morgan fingerprint density at radius 3 is 2.58 bits per heavy atom. The number of hydrogen-bond donors (Lipinski definition) is 1. The summed E-state index contributed by atoms with van der Waals surface area (Å²) in [5, 5.41) is 3.22. The lowest BCUT2D eigenvalue weighted by molar-refractivity contribution is 0.0749. The first-order chi connectivity index (χ1) is 12.6. The molecule has 1 aliphatic heterocycles. The number of carbonyl (C=O) groups excluding carboxylic acids is 1. The van der Waals surface area contributed by atoms with E-state index in [0.717, 1.165) is 37.4 Å². The van der Waals surface area contributed by atoms with Crippen LogP contribution in [0.1, 0.15) is 43.0 Å². The second-order valence-corrected chi connectivity index (χ2v) is 6.17. The third-order valence-corrected chi connectivity index (χ3v) is 3.98. The molecule has 2 heterocycles. The van der Waals surface area contributed by atoms with Crippen LogP contribution in [0.5, 0.6) is 11.5 Å². The van der Waals surface area contributed by atoms with Crippen molar-refractivity contribution in [2.75, 3.05) is 25.2 Å². The number of aromatic nitrogens is 2. The second-order valence-electron chi connectivity index (χ2n) is 6.17. The molecule has 0 fully saturated rings. The number of carbonyl (C=O) groups is 1. The number of benzene rings is 1. The number of hydrogen-bond acceptors (Lipinski definition) is 6. The topological polar surface area (TPSA) is 76.6 Å². The molecule has 0 saturated carbocycles. The van der Waals surface area contributed by atoms with Crippen LogP contribution in [0.3, 0.4) is 0 Å². The lowest BCUT2D eigenvalue weighted by Gasteiger charge is -2.21. The van der Waals surface area contributed by atoms with Crippen LogP contribution in [0, 0.1) is 6.92 Å². The summed E-state index contributed by atoms with van der Waals surface area (Å²) >= 11 is 0. The minimum absolute atomic E-state index is 0.0621. The summed E-state index contributed by atoms with van der Waals surface area (Å²) in [5.74, 6) is 2.47. The fourth-order valence-corrected chi connectivity index (χ4v) is 2.88. The highest BCUT2D eigenvalue weighted by Gasteiger charge is 2.18. The zero-order valence-electron chi connectivity index (χ0n) is 15.4. The maximum Gasteiger partial charge on any atom is 0.272 e. The van der Waals surface area contributed by atoms with Crippen molar-refractivity contribution in [2.45, 2.75) is 33.6 Å². The number of amides is 1. The standard InChI is InChI=1S/C19H24N4O3/c1-4-8-23(9-5-2)19(24)15-11-18(21-13(3)20-15)22-14-6-7-16-17(10-14)26-12-25-16/h6-7,10-11H,4-5,8-9,12H2,1-3H3,(H,20,21,22). The monoisotopic (exact) mass is 356 g/mol. The van der Waals surface area contributed by atoms with Crippen molar-refractivity contribution in [1.29, 1.82) is 0 Å². The van der Waals surface area contributed by atoms with Crippen LogP contribution in [0.25, 0.3) is 0 Å².